The number of carbonyl (C=O) groups excluding carboxylic acids is 1. The van der Waals surface area contributed by atoms with Crippen molar-refractivity contribution in [3.05, 3.63) is 16.1 Å². The highest BCUT2D eigenvalue weighted by Crippen LogP contribution is 2.21. The second-order valence-corrected chi connectivity index (χ2v) is 8.99. The number of rotatable bonds is 6. The van der Waals surface area contributed by atoms with E-state index < -0.39 is 16.0 Å². The summed E-state index contributed by atoms with van der Waals surface area (Å²) in [5.74, 6) is 0.673. The van der Waals surface area contributed by atoms with Crippen molar-refractivity contribution in [3.8, 4) is 0 Å². The van der Waals surface area contributed by atoms with Gasteiger partial charge in [0.1, 0.15) is 5.25 Å². The smallest absolute Gasteiger partial charge is 0.235 e. The number of nitrogens with zero attached hydrogens (tertiary/aromatic N) is 1. The van der Waals surface area contributed by atoms with Crippen LogP contribution in [0.25, 0.3) is 0 Å². The Labute approximate surface area is 139 Å². The molecule has 1 aromatic rings. The molecule has 2 atom stereocenters. The van der Waals surface area contributed by atoms with E-state index in [4.69, 9.17) is 0 Å². The average molecular weight is 343 g/mol. The van der Waals surface area contributed by atoms with Gasteiger partial charge in [-0.15, -0.1) is 11.3 Å². The number of amides is 1. The summed E-state index contributed by atoms with van der Waals surface area (Å²) in [4.78, 5) is 16.7. The zero-order valence-corrected chi connectivity index (χ0v) is 15.3. The van der Waals surface area contributed by atoms with Crippen molar-refractivity contribution in [1.29, 1.82) is 0 Å². The molecule has 0 aliphatic heterocycles. The molecule has 1 heterocycles. The van der Waals surface area contributed by atoms with Crippen LogP contribution in [-0.2, 0) is 21.3 Å². The summed E-state index contributed by atoms with van der Waals surface area (Å²) in [6.45, 7) is 5.95. The molecule has 1 amide bonds. The molecule has 0 unspecified atom stereocenters. The van der Waals surface area contributed by atoms with Crippen molar-refractivity contribution in [2.75, 3.05) is 0 Å². The molecule has 1 aromatic heterocycles. The minimum absolute atomic E-state index is 0.0791. The lowest BCUT2D eigenvalue weighted by Crippen LogP contribution is -2.42. The molecule has 124 valence electrons. The summed E-state index contributed by atoms with van der Waals surface area (Å²) in [5, 5.41) is 5.60. The highest BCUT2D eigenvalue weighted by atomic mass is 32.2. The van der Waals surface area contributed by atoms with Crippen LogP contribution in [0.15, 0.2) is 5.38 Å². The van der Waals surface area contributed by atoms with Crippen LogP contribution in [-0.4, -0.2) is 26.4 Å². The molecule has 22 heavy (non-hydrogen) atoms. The molecule has 1 saturated carbocycles. The van der Waals surface area contributed by atoms with E-state index in [9.17, 15) is 9.00 Å². The van der Waals surface area contributed by atoms with Crippen LogP contribution in [0.2, 0.25) is 0 Å². The van der Waals surface area contributed by atoms with Crippen molar-refractivity contribution in [3.63, 3.8) is 0 Å². The maximum absolute atomic E-state index is 12.4. The van der Waals surface area contributed by atoms with E-state index in [1.807, 2.05) is 5.38 Å². The van der Waals surface area contributed by atoms with Gasteiger partial charge >= 0.3 is 0 Å². The Balaban J connectivity index is 1.86. The maximum Gasteiger partial charge on any atom is 0.235 e. The first-order valence-electron chi connectivity index (χ1n) is 8.09. The standard InChI is InChI=1S/C16H26N2O2S2/c1-11(2)16-18-14(9-21-16)10-22(20)12(3)15(19)17-13-7-5-4-6-8-13/h9,11-13H,4-8,10H2,1-3H3,(H,17,19)/t12-,22+/m1/s1. The van der Waals surface area contributed by atoms with Gasteiger partial charge in [-0.1, -0.05) is 33.1 Å². The van der Waals surface area contributed by atoms with Crippen molar-refractivity contribution >= 4 is 28.0 Å². The van der Waals surface area contributed by atoms with Crippen LogP contribution in [0.5, 0.6) is 0 Å². The van der Waals surface area contributed by atoms with E-state index in [2.05, 4.69) is 24.1 Å². The highest BCUT2D eigenvalue weighted by molar-refractivity contribution is 7.85. The normalized spacial score (nSPS) is 19.1. The van der Waals surface area contributed by atoms with Crippen LogP contribution in [0.4, 0.5) is 0 Å². The number of hydrogen-bond acceptors (Lipinski definition) is 4. The molecule has 1 aliphatic carbocycles. The predicted octanol–water partition coefficient (Wildman–Crippen LogP) is 3.35. The molecule has 0 saturated heterocycles. The van der Waals surface area contributed by atoms with E-state index in [0.29, 0.717) is 11.7 Å². The Bertz CT molecular complexity index is 522. The van der Waals surface area contributed by atoms with Gasteiger partial charge in [0, 0.05) is 28.1 Å². The number of nitrogens with one attached hydrogen (secondary N) is 1. The molecule has 1 aliphatic rings. The van der Waals surface area contributed by atoms with Gasteiger partial charge in [0.15, 0.2) is 0 Å². The Kier molecular flexibility index (Phi) is 6.56. The van der Waals surface area contributed by atoms with Crippen molar-refractivity contribution < 1.29 is 9.00 Å². The van der Waals surface area contributed by atoms with E-state index in [1.165, 1.54) is 19.3 Å². The fourth-order valence-corrected chi connectivity index (χ4v) is 4.55. The highest BCUT2D eigenvalue weighted by Gasteiger charge is 2.24. The third kappa shape index (κ3) is 4.88. The van der Waals surface area contributed by atoms with E-state index in [1.54, 1.807) is 18.3 Å². The van der Waals surface area contributed by atoms with E-state index >= 15 is 0 Å². The molecule has 4 nitrogen and oxygen atoms in total. The molecular formula is C16H26N2O2S2. The monoisotopic (exact) mass is 342 g/mol. The molecule has 6 heteroatoms. The lowest BCUT2D eigenvalue weighted by molar-refractivity contribution is -0.121. The predicted molar refractivity (Wildman–Crippen MR) is 92.5 cm³/mol. The minimum Gasteiger partial charge on any atom is -0.352 e. The zero-order chi connectivity index (χ0) is 16.1. The SMILES string of the molecule is CC(C)c1nc(C[S@](=O)[C@H](C)C(=O)NC2CCCCC2)cs1. The van der Waals surface area contributed by atoms with Gasteiger partial charge in [0.2, 0.25) is 5.91 Å². The number of thiazole rings is 1. The van der Waals surface area contributed by atoms with Crippen molar-refractivity contribution in [1.82, 2.24) is 10.3 Å². The zero-order valence-electron chi connectivity index (χ0n) is 13.6. The minimum atomic E-state index is -1.22. The molecule has 0 bridgehead atoms. The summed E-state index contributed by atoms with van der Waals surface area (Å²) in [5.41, 5.74) is 0.837. The van der Waals surface area contributed by atoms with Gasteiger partial charge in [-0.2, -0.15) is 0 Å². The second kappa shape index (κ2) is 8.20. The van der Waals surface area contributed by atoms with E-state index in [-0.39, 0.29) is 11.9 Å². The average Bonchev–Trinajstić information content (AvgIpc) is 2.96. The molecular weight excluding hydrogens is 316 g/mol. The van der Waals surface area contributed by atoms with Crippen molar-refractivity contribution in [2.45, 2.75) is 75.8 Å². The van der Waals surface area contributed by atoms with Gasteiger partial charge in [0.25, 0.3) is 0 Å². The fraction of sp³-hybridized carbons (Fsp3) is 0.750. The first kappa shape index (κ1) is 17.6. The first-order valence-corrected chi connectivity index (χ1v) is 10.4. The molecule has 0 spiro atoms. The van der Waals surface area contributed by atoms with E-state index in [0.717, 1.165) is 23.5 Å². The molecule has 1 fully saturated rings. The van der Waals surface area contributed by atoms with Gasteiger partial charge in [-0.3, -0.25) is 9.00 Å². The second-order valence-electron chi connectivity index (χ2n) is 6.34. The van der Waals surface area contributed by atoms with Crippen LogP contribution >= 0.6 is 11.3 Å². The van der Waals surface area contributed by atoms with Crippen LogP contribution in [0.3, 0.4) is 0 Å². The number of hydrogen-bond donors (Lipinski definition) is 1. The van der Waals surface area contributed by atoms with Gasteiger partial charge < -0.3 is 5.32 Å². The molecule has 2 rings (SSSR count). The van der Waals surface area contributed by atoms with Gasteiger partial charge in [-0.25, -0.2) is 4.98 Å². The topological polar surface area (TPSA) is 59.1 Å². The fourth-order valence-electron chi connectivity index (χ4n) is 2.61. The summed E-state index contributed by atoms with van der Waals surface area (Å²) in [7, 11) is -1.22. The molecule has 1 N–H and O–H groups in total. The summed E-state index contributed by atoms with van der Waals surface area (Å²) >= 11 is 1.60. The Hall–Kier alpha value is -0.750. The van der Waals surface area contributed by atoms with Crippen molar-refractivity contribution in [2.24, 2.45) is 0 Å². The summed E-state index contributed by atoms with van der Waals surface area (Å²) in [6, 6.07) is 0.271. The summed E-state index contributed by atoms with van der Waals surface area (Å²) in [6.07, 6.45) is 5.72. The Morgan fingerprint density at radius 3 is 2.64 bits per heavy atom. The largest absolute Gasteiger partial charge is 0.352 e. The Morgan fingerprint density at radius 1 is 1.36 bits per heavy atom. The maximum atomic E-state index is 12.4. The number of carbonyl (C=O) groups is 1. The molecule has 0 aromatic carbocycles. The third-order valence-electron chi connectivity index (χ3n) is 4.07. The molecule has 0 radical (unpaired) electrons. The lowest BCUT2D eigenvalue weighted by Gasteiger charge is -2.24. The quantitative estimate of drug-likeness (QED) is 0.862. The first-order chi connectivity index (χ1) is 10.5. The Morgan fingerprint density at radius 2 is 2.05 bits per heavy atom. The lowest BCUT2D eigenvalue weighted by atomic mass is 9.95. The third-order valence-corrected chi connectivity index (χ3v) is 6.85. The van der Waals surface area contributed by atoms with Crippen LogP contribution in [0.1, 0.15) is 69.5 Å². The van der Waals surface area contributed by atoms with Crippen LogP contribution < -0.4 is 5.32 Å². The number of aromatic nitrogens is 1. The van der Waals surface area contributed by atoms with Crippen LogP contribution in [0, 0.1) is 0 Å². The van der Waals surface area contributed by atoms with Gasteiger partial charge in [-0.05, 0) is 19.8 Å². The summed E-state index contributed by atoms with van der Waals surface area (Å²) < 4.78 is 12.4. The van der Waals surface area contributed by atoms with Gasteiger partial charge in [0.05, 0.1) is 16.5 Å².